The van der Waals surface area contributed by atoms with Crippen molar-refractivity contribution in [1.82, 2.24) is 15.5 Å². The first-order valence-corrected chi connectivity index (χ1v) is 8.35. The number of hydrogen-bond donors (Lipinski definition) is 2. The van der Waals surface area contributed by atoms with Gasteiger partial charge < -0.3 is 15.4 Å². The van der Waals surface area contributed by atoms with E-state index in [2.05, 4.69) is 10.6 Å². The van der Waals surface area contributed by atoms with Crippen LogP contribution < -0.4 is 10.6 Å². The Labute approximate surface area is 141 Å². The quantitative estimate of drug-likeness (QED) is 0.562. The standard InChI is InChI=1S/C16H25N3O5/c1-10(2)17-12(20)9-24-13(21)8-19-14(22)16(18-15(19)23)7-5-4-6-11(16)3/h10-11H,4-9H2,1-3H3,(H,17,20)(H,18,23)/t11-,16-/m0/s1. The fourth-order valence-electron chi connectivity index (χ4n) is 3.32. The lowest BCUT2D eigenvalue weighted by Crippen LogP contribution is -2.54. The molecule has 1 saturated carbocycles. The highest BCUT2D eigenvalue weighted by Gasteiger charge is 2.55. The third-order valence-electron chi connectivity index (χ3n) is 4.60. The summed E-state index contributed by atoms with van der Waals surface area (Å²) in [5.41, 5.74) is -0.898. The van der Waals surface area contributed by atoms with Crippen LogP contribution in [0.3, 0.4) is 0 Å². The summed E-state index contributed by atoms with van der Waals surface area (Å²) < 4.78 is 4.84. The molecule has 4 amide bonds. The zero-order chi connectivity index (χ0) is 17.9. The van der Waals surface area contributed by atoms with E-state index in [0.29, 0.717) is 6.42 Å². The lowest BCUT2D eigenvalue weighted by Gasteiger charge is -2.36. The molecule has 1 heterocycles. The number of ether oxygens (including phenoxy) is 1. The first kappa shape index (κ1) is 18.2. The second-order valence-electron chi connectivity index (χ2n) is 6.82. The van der Waals surface area contributed by atoms with Crippen LogP contribution in [0.15, 0.2) is 0 Å². The summed E-state index contributed by atoms with van der Waals surface area (Å²) in [6.45, 7) is 4.61. The Bertz CT molecular complexity index is 548. The zero-order valence-corrected chi connectivity index (χ0v) is 14.4. The summed E-state index contributed by atoms with van der Waals surface area (Å²) in [5, 5.41) is 5.35. The molecule has 8 nitrogen and oxygen atoms in total. The Balaban J connectivity index is 1.92. The van der Waals surface area contributed by atoms with E-state index in [9.17, 15) is 19.2 Å². The van der Waals surface area contributed by atoms with Crippen LogP contribution in [0.1, 0.15) is 46.5 Å². The molecule has 2 atom stereocenters. The highest BCUT2D eigenvalue weighted by atomic mass is 16.5. The van der Waals surface area contributed by atoms with Crippen molar-refractivity contribution in [2.45, 2.75) is 58.0 Å². The van der Waals surface area contributed by atoms with E-state index in [-0.39, 0.29) is 17.9 Å². The number of imide groups is 1. The highest BCUT2D eigenvalue weighted by Crippen LogP contribution is 2.38. The van der Waals surface area contributed by atoms with Gasteiger partial charge in [-0.3, -0.25) is 19.3 Å². The maximum atomic E-state index is 12.7. The Morgan fingerprint density at radius 1 is 1.38 bits per heavy atom. The van der Waals surface area contributed by atoms with Crippen molar-refractivity contribution in [2.75, 3.05) is 13.2 Å². The molecule has 2 aliphatic rings. The van der Waals surface area contributed by atoms with Gasteiger partial charge in [-0.05, 0) is 32.6 Å². The average molecular weight is 339 g/mol. The van der Waals surface area contributed by atoms with Crippen LogP contribution >= 0.6 is 0 Å². The molecule has 1 aliphatic heterocycles. The van der Waals surface area contributed by atoms with Gasteiger partial charge in [0.2, 0.25) is 0 Å². The molecule has 2 fully saturated rings. The summed E-state index contributed by atoms with van der Waals surface area (Å²) in [6.07, 6.45) is 3.34. The van der Waals surface area contributed by atoms with E-state index in [1.54, 1.807) is 13.8 Å². The molecule has 1 spiro atoms. The van der Waals surface area contributed by atoms with Crippen LogP contribution in [0.4, 0.5) is 4.79 Å². The lowest BCUT2D eigenvalue weighted by atomic mass is 9.73. The first-order valence-electron chi connectivity index (χ1n) is 8.35. The van der Waals surface area contributed by atoms with Gasteiger partial charge >= 0.3 is 12.0 Å². The molecule has 1 aliphatic carbocycles. The largest absolute Gasteiger partial charge is 0.454 e. The minimum absolute atomic E-state index is 0.0283. The van der Waals surface area contributed by atoms with Crippen molar-refractivity contribution in [1.29, 1.82) is 0 Å². The normalized spacial score (nSPS) is 26.7. The van der Waals surface area contributed by atoms with E-state index >= 15 is 0 Å². The number of carbonyl (C=O) groups excluding carboxylic acids is 4. The van der Waals surface area contributed by atoms with Gasteiger partial charge in [-0.2, -0.15) is 0 Å². The third-order valence-corrected chi connectivity index (χ3v) is 4.60. The van der Waals surface area contributed by atoms with E-state index in [1.165, 1.54) is 0 Å². The molecule has 2 N–H and O–H groups in total. The number of esters is 1. The van der Waals surface area contributed by atoms with E-state index in [4.69, 9.17) is 4.74 Å². The molecule has 24 heavy (non-hydrogen) atoms. The van der Waals surface area contributed by atoms with Crippen molar-refractivity contribution in [3.63, 3.8) is 0 Å². The molecule has 0 aromatic rings. The molecule has 134 valence electrons. The van der Waals surface area contributed by atoms with Gasteiger partial charge in [-0.1, -0.05) is 19.8 Å². The van der Waals surface area contributed by atoms with Crippen LogP contribution in [0.25, 0.3) is 0 Å². The van der Waals surface area contributed by atoms with Gasteiger partial charge in [-0.25, -0.2) is 4.79 Å². The maximum Gasteiger partial charge on any atom is 0.326 e. The molecule has 2 rings (SSSR count). The smallest absolute Gasteiger partial charge is 0.326 e. The number of amides is 4. The molecule has 0 bridgehead atoms. The molecule has 0 aromatic heterocycles. The number of hydrogen-bond acceptors (Lipinski definition) is 5. The van der Waals surface area contributed by atoms with E-state index in [1.807, 2.05) is 6.92 Å². The van der Waals surface area contributed by atoms with Crippen LogP contribution in [0.5, 0.6) is 0 Å². The Morgan fingerprint density at radius 2 is 2.08 bits per heavy atom. The molecule has 8 heteroatoms. The first-order chi connectivity index (χ1) is 11.3. The molecule has 0 aromatic carbocycles. The SMILES string of the molecule is CC(C)NC(=O)COC(=O)CN1C(=O)N[C@]2(CCCC[C@@H]2C)C1=O. The maximum absolute atomic E-state index is 12.7. The number of nitrogens with zero attached hydrogens (tertiary/aromatic N) is 1. The molecule has 1 saturated heterocycles. The Morgan fingerprint density at radius 3 is 2.71 bits per heavy atom. The summed E-state index contributed by atoms with van der Waals surface area (Å²) in [6, 6.07) is -0.632. The van der Waals surface area contributed by atoms with E-state index < -0.39 is 36.6 Å². The molecular weight excluding hydrogens is 314 g/mol. The van der Waals surface area contributed by atoms with Crippen LogP contribution in [-0.2, 0) is 19.1 Å². The zero-order valence-electron chi connectivity index (χ0n) is 14.4. The summed E-state index contributed by atoms with van der Waals surface area (Å²) in [4.78, 5) is 49.0. The van der Waals surface area contributed by atoms with Gasteiger partial charge in [0.1, 0.15) is 12.1 Å². The summed E-state index contributed by atoms with van der Waals surface area (Å²) in [7, 11) is 0. The average Bonchev–Trinajstić information content (AvgIpc) is 2.73. The van der Waals surface area contributed by atoms with Crippen LogP contribution in [-0.4, -0.2) is 53.4 Å². The van der Waals surface area contributed by atoms with Crippen molar-refractivity contribution in [3.8, 4) is 0 Å². The molecule has 0 radical (unpaired) electrons. The number of carbonyl (C=O) groups is 4. The van der Waals surface area contributed by atoms with Gasteiger partial charge in [-0.15, -0.1) is 0 Å². The second-order valence-corrected chi connectivity index (χ2v) is 6.82. The fourth-order valence-corrected chi connectivity index (χ4v) is 3.32. The van der Waals surface area contributed by atoms with Crippen LogP contribution in [0, 0.1) is 5.92 Å². The third kappa shape index (κ3) is 3.68. The van der Waals surface area contributed by atoms with E-state index in [0.717, 1.165) is 24.2 Å². The number of nitrogens with one attached hydrogen (secondary N) is 2. The predicted octanol–water partition coefficient (Wildman–Crippen LogP) is 0.555. The number of rotatable bonds is 5. The topological polar surface area (TPSA) is 105 Å². The van der Waals surface area contributed by atoms with Gasteiger partial charge in [0, 0.05) is 6.04 Å². The second kappa shape index (κ2) is 7.19. The summed E-state index contributed by atoms with van der Waals surface area (Å²) >= 11 is 0. The lowest BCUT2D eigenvalue weighted by molar-refractivity contribution is -0.151. The van der Waals surface area contributed by atoms with Crippen molar-refractivity contribution in [2.24, 2.45) is 5.92 Å². The van der Waals surface area contributed by atoms with Crippen molar-refractivity contribution < 1.29 is 23.9 Å². The van der Waals surface area contributed by atoms with Gasteiger partial charge in [0.15, 0.2) is 6.61 Å². The van der Waals surface area contributed by atoms with Gasteiger partial charge in [0.05, 0.1) is 0 Å². The minimum atomic E-state index is -0.898. The predicted molar refractivity (Wildman–Crippen MR) is 84.8 cm³/mol. The summed E-state index contributed by atoms with van der Waals surface area (Å²) in [5.74, 6) is -1.55. The fraction of sp³-hybridized carbons (Fsp3) is 0.750. The Kier molecular flexibility index (Phi) is 5.46. The molecule has 0 unspecified atom stereocenters. The Hall–Kier alpha value is -2.12. The molecular formula is C16H25N3O5. The number of urea groups is 1. The highest BCUT2D eigenvalue weighted by molar-refractivity contribution is 6.09. The van der Waals surface area contributed by atoms with Crippen LogP contribution in [0.2, 0.25) is 0 Å². The minimum Gasteiger partial charge on any atom is -0.454 e. The van der Waals surface area contributed by atoms with Crippen molar-refractivity contribution in [3.05, 3.63) is 0 Å². The monoisotopic (exact) mass is 339 g/mol. The van der Waals surface area contributed by atoms with Crippen molar-refractivity contribution >= 4 is 23.8 Å². The van der Waals surface area contributed by atoms with Gasteiger partial charge in [0.25, 0.3) is 11.8 Å².